The molecular formula is C86H172O4Si8. The number of rotatable bonds is 30. The highest BCUT2D eigenvalue weighted by Crippen LogP contribution is 2.28. The van der Waals surface area contributed by atoms with Gasteiger partial charge in [0.25, 0.3) is 0 Å². The highest BCUT2D eigenvalue weighted by atomic mass is 28.4. The highest BCUT2D eigenvalue weighted by Gasteiger charge is 2.40. The van der Waals surface area contributed by atoms with Gasteiger partial charge in [0.2, 0.25) is 16.6 Å². The third kappa shape index (κ3) is 47.2. The zero-order valence-electron chi connectivity index (χ0n) is 59.0. The fourth-order valence-corrected chi connectivity index (χ4v) is 49.2. The molecule has 0 aliphatic heterocycles. The van der Waals surface area contributed by atoms with E-state index in [0.717, 1.165) is 24.2 Å². The van der Waals surface area contributed by atoms with Crippen molar-refractivity contribution in [3.63, 3.8) is 0 Å². The molecule has 0 heterocycles. The molecule has 0 spiro atoms. The summed E-state index contributed by atoms with van der Waals surface area (Å²) >= 11 is 0. The molecule has 572 valence electrons. The molecule has 0 aliphatic rings. The van der Waals surface area contributed by atoms with Crippen molar-refractivity contribution in [2.24, 2.45) is 0 Å². The number of unbranched alkanes of at least 4 members (excludes halogenated alkanes) is 4. The Balaban J connectivity index is -0.000000127. The standard InChI is InChI=1S/2C21H32OSi2.2C16H30OSi2.12CH4/c2*1-6-7-17-24(5,21-11-9-8-10-12-21)22-23(3,4)18-20-15-13-19(2)14-16-20;2*1-7-8-13-18(3,4)17-19(5,6)14-16-11-9-15(2)10-12-16;;;;;;;;;;;;/h2*8-16H,6-7,17-18H2,1-5H3;2*9-12H,7-8,13-14H2,1-6H3;12*1H4. The van der Waals surface area contributed by atoms with Crippen LogP contribution in [0, 0.1) is 27.7 Å². The first-order valence-electron chi connectivity index (χ1n) is 33.3. The topological polar surface area (TPSA) is 36.9 Å². The summed E-state index contributed by atoms with van der Waals surface area (Å²) in [7, 11) is -13.4. The van der Waals surface area contributed by atoms with Crippen LogP contribution in [-0.4, -0.2) is 66.5 Å². The SMILES string of the molecule is C.C.C.C.C.C.C.C.C.C.C.C.CCCC[Si](C)(C)O[Si](C)(C)Cc1ccc(C)cc1.CCCC[Si](C)(C)O[Si](C)(C)Cc1ccc(C)cc1.CCCC[Si](C)(O[Si](C)(C)Cc1ccc(C)cc1)c1ccccc1.CCCC[Si](C)(O[Si](C)(C)Cc1ccc(C)cc1)c1ccccc1. The minimum Gasteiger partial charge on any atom is -0.455 e. The van der Waals surface area contributed by atoms with Crippen molar-refractivity contribution in [2.45, 2.75) is 336 Å². The van der Waals surface area contributed by atoms with Crippen LogP contribution in [0.1, 0.15) is 213 Å². The van der Waals surface area contributed by atoms with Gasteiger partial charge in [0.15, 0.2) is 49.9 Å². The lowest BCUT2D eigenvalue weighted by Crippen LogP contribution is -2.55. The highest BCUT2D eigenvalue weighted by molar-refractivity contribution is 6.94. The maximum Gasteiger partial charge on any atom is 0.209 e. The minimum absolute atomic E-state index is 0. The summed E-state index contributed by atoms with van der Waals surface area (Å²) < 4.78 is 27.3. The van der Waals surface area contributed by atoms with Crippen LogP contribution in [0.5, 0.6) is 0 Å². The van der Waals surface area contributed by atoms with Crippen LogP contribution < -0.4 is 10.4 Å². The first-order valence-corrected chi connectivity index (χ1v) is 57.2. The summed E-state index contributed by atoms with van der Waals surface area (Å²) in [5, 5.41) is 2.89. The molecule has 2 unspecified atom stereocenters. The second-order valence-electron chi connectivity index (χ2n) is 29.2. The van der Waals surface area contributed by atoms with Crippen molar-refractivity contribution in [3.05, 3.63) is 202 Å². The zero-order valence-corrected chi connectivity index (χ0v) is 67.0. The van der Waals surface area contributed by atoms with Crippen LogP contribution in [-0.2, 0) is 40.6 Å². The molecule has 2 atom stereocenters. The normalized spacial score (nSPS) is 12.0. The van der Waals surface area contributed by atoms with E-state index in [0.29, 0.717) is 0 Å². The monoisotopic (exact) mass is 1490 g/mol. The molecule has 0 bridgehead atoms. The zero-order chi connectivity index (χ0) is 64.3. The lowest BCUT2D eigenvalue weighted by Gasteiger charge is -2.37. The number of hydrogen-bond donors (Lipinski definition) is 0. The summed E-state index contributed by atoms with van der Waals surface area (Å²) in [4.78, 5) is 0. The van der Waals surface area contributed by atoms with Gasteiger partial charge >= 0.3 is 0 Å². The Morgan fingerprint density at radius 3 is 0.602 bits per heavy atom. The number of hydrogen-bond acceptors (Lipinski definition) is 4. The maximum atomic E-state index is 7.03. The molecule has 4 nitrogen and oxygen atoms in total. The molecule has 0 saturated heterocycles. The van der Waals surface area contributed by atoms with E-state index < -0.39 is 66.5 Å². The molecule has 0 fully saturated rings. The quantitative estimate of drug-likeness (QED) is 0.0421. The average molecular weight is 1500 g/mol. The summed E-state index contributed by atoms with van der Waals surface area (Å²) in [6.45, 7) is 51.0. The summed E-state index contributed by atoms with van der Waals surface area (Å²) in [5.74, 6) is 0. The molecule has 0 saturated carbocycles. The van der Waals surface area contributed by atoms with Crippen LogP contribution in [0.15, 0.2) is 158 Å². The van der Waals surface area contributed by atoms with E-state index in [2.05, 4.69) is 305 Å². The molecule has 0 radical (unpaired) electrons. The van der Waals surface area contributed by atoms with Crippen LogP contribution in [0.25, 0.3) is 0 Å². The second-order valence-corrected chi connectivity index (χ2v) is 63.1. The van der Waals surface area contributed by atoms with Gasteiger partial charge < -0.3 is 16.5 Å². The lowest BCUT2D eigenvalue weighted by atomic mass is 10.2. The third-order valence-corrected chi connectivity index (χ3v) is 46.9. The van der Waals surface area contributed by atoms with E-state index in [1.54, 1.807) is 0 Å². The van der Waals surface area contributed by atoms with Gasteiger partial charge in [-0.05, 0) is 200 Å². The van der Waals surface area contributed by atoms with Gasteiger partial charge in [0, 0.05) is 0 Å². The van der Waals surface area contributed by atoms with Crippen LogP contribution >= 0.6 is 0 Å². The average Bonchev–Trinajstić information content (AvgIpc) is 0.819. The summed E-state index contributed by atoms with van der Waals surface area (Å²) in [5.41, 5.74) is 11.0. The van der Waals surface area contributed by atoms with E-state index in [-0.39, 0.29) is 89.1 Å². The third-order valence-electron chi connectivity index (χ3n) is 16.2. The first-order chi connectivity index (χ1) is 40.2. The van der Waals surface area contributed by atoms with Gasteiger partial charge in [-0.15, -0.1) is 0 Å². The number of aryl methyl sites for hydroxylation is 4. The Hall–Kier alpha value is -3.10. The van der Waals surface area contributed by atoms with Crippen molar-refractivity contribution < 1.29 is 16.5 Å². The molecule has 6 aromatic rings. The van der Waals surface area contributed by atoms with Crippen molar-refractivity contribution in [2.75, 3.05) is 0 Å². The summed E-state index contributed by atoms with van der Waals surface area (Å²) in [6.07, 6.45) is 10.2. The van der Waals surface area contributed by atoms with Gasteiger partial charge in [-0.25, -0.2) is 0 Å². The molecule has 0 N–H and O–H groups in total. The maximum absolute atomic E-state index is 7.03. The van der Waals surface area contributed by atoms with E-state index in [4.69, 9.17) is 16.5 Å². The van der Waals surface area contributed by atoms with Gasteiger partial charge in [-0.1, -0.05) is 348 Å². The molecule has 6 aromatic carbocycles. The molecule has 0 aromatic heterocycles. The molecular weight excluding hydrogens is 1320 g/mol. The molecule has 0 aliphatic carbocycles. The predicted octanol–water partition coefficient (Wildman–Crippen LogP) is 29.4. The van der Waals surface area contributed by atoms with Crippen LogP contribution in [0.2, 0.25) is 116 Å². The number of benzene rings is 6. The molecule has 98 heavy (non-hydrogen) atoms. The smallest absolute Gasteiger partial charge is 0.209 e. The molecule has 0 amide bonds. The van der Waals surface area contributed by atoms with E-state index in [9.17, 15) is 0 Å². The minimum atomic E-state index is -1.88. The Labute approximate surface area is 627 Å². The Morgan fingerprint density at radius 1 is 0.224 bits per heavy atom. The Kier molecular flexibility index (Phi) is 65.7. The molecule has 6 rings (SSSR count). The Bertz CT molecular complexity index is 2580. The van der Waals surface area contributed by atoms with Gasteiger partial charge in [-0.3, -0.25) is 0 Å². The largest absolute Gasteiger partial charge is 0.455 e. The van der Waals surface area contributed by atoms with E-state index in [1.807, 2.05) is 0 Å². The van der Waals surface area contributed by atoms with Crippen molar-refractivity contribution in [1.82, 2.24) is 0 Å². The summed E-state index contributed by atoms with van der Waals surface area (Å²) in [6, 6.07) is 67.2. The van der Waals surface area contributed by atoms with Crippen molar-refractivity contribution in [1.29, 1.82) is 0 Å². The van der Waals surface area contributed by atoms with Crippen molar-refractivity contribution >= 4 is 76.9 Å². The van der Waals surface area contributed by atoms with Crippen LogP contribution in [0.4, 0.5) is 0 Å². The van der Waals surface area contributed by atoms with Gasteiger partial charge in [-0.2, -0.15) is 0 Å². The predicted molar refractivity (Wildman–Crippen MR) is 484 cm³/mol. The van der Waals surface area contributed by atoms with E-state index >= 15 is 0 Å². The van der Waals surface area contributed by atoms with Gasteiger partial charge in [0.05, 0.1) is 0 Å². The lowest BCUT2D eigenvalue weighted by molar-refractivity contribution is 0.532. The van der Waals surface area contributed by atoms with E-state index in [1.165, 1.54) is 130 Å². The van der Waals surface area contributed by atoms with Gasteiger partial charge in [0.1, 0.15) is 0 Å². The second kappa shape index (κ2) is 55.4. The van der Waals surface area contributed by atoms with Crippen molar-refractivity contribution in [3.8, 4) is 0 Å². The first kappa shape index (κ1) is 116. The fourth-order valence-electron chi connectivity index (χ4n) is 12.1. The molecule has 12 heteroatoms. The van der Waals surface area contributed by atoms with Crippen LogP contribution in [0.3, 0.4) is 0 Å². The Morgan fingerprint density at radius 2 is 0.408 bits per heavy atom. The fraction of sp³-hybridized carbons (Fsp3) is 0.581.